The van der Waals surface area contributed by atoms with Crippen LogP contribution in [0.25, 0.3) is 22.6 Å². The predicted octanol–water partition coefficient (Wildman–Crippen LogP) is 3.99. The van der Waals surface area contributed by atoms with Gasteiger partial charge in [0.2, 0.25) is 0 Å². The Labute approximate surface area is 153 Å². The van der Waals surface area contributed by atoms with Crippen LogP contribution in [0.3, 0.4) is 0 Å². The summed E-state index contributed by atoms with van der Waals surface area (Å²) >= 11 is 9.36. The highest BCUT2D eigenvalue weighted by Gasteiger charge is 2.12. The molecule has 5 nitrogen and oxygen atoms in total. The molecule has 3 aromatic rings. The van der Waals surface area contributed by atoms with Gasteiger partial charge in [-0.3, -0.25) is 0 Å². The van der Waals surface area contributed by atoms with E-state index >= 15 is 0 Å². The Morgan fingerprint density at radius 3 is 2.29 bits per heavy atom. The first-order chi connectivity index (χ1) is 11.7. The molecule has 0 spiro atoms. The van der Waals surface area contributed by atoms with Gasteiger partial charge in [0.15, 0.2) is 11.6 Å². The van der Waals surface area contributed by atoms with Crippen LogP contribution in [-0.4, -0.2) is 28.3 Å². The second kappa shape index (κ2) is 7.70. The number of nitrogens with one attached hydrogen (secondary N) is 1. The Morgan fingerprint density at radius 1 is 0.958 bits per heavy atom. The maximum Gasteiger partial charge on any atom is 0.183 e. The Bertz CT molecular complexity index is 821. The van der Waals surface area contributed by atoms with Crippen LogP contribution < -0.4 is 11.1 Å². The van der Waals surface area contributed by atoms with Gasteiger partial charge < -0.3 is 11.1 Å². The van der Waals surface area contributed by atoms with E-state index in [0.29, 0.717) is 35.4 Å². The van der Waals surface area contributed by atoms with Crippen molar-refractivity contribution in [2.24, 2.45) is 5.73 Å². The summed E-state index contributed by atoms with van der Waals surface area (Å²) in [7, 11) is 0. The fraction of sp³-hybridized carbons (Fsp3) is 0.118. The summed E-state index contributed by atoms with van der Waals surface area (Å²) in [6, 6.07) is 15.2. The van der Waals surface area contributed by atoms with Gasteiger partial charge in [0, 0.05) is 33.7 Å². The maximum atomic E-state index is 5.93. The van der Waals surface area contributed by atoms with E-state index in [1.54, 1.807) is 12.1 Å². The van der Waals surface area contributed by atoms with Gasteiger partial charge in [0.25, 0.3) is 0 Å². The largest absolute Gasteiger partial charge is 0.367 e. The number of halogens is 2. The number of rotatable bonds is 5. The fourth-order valence-corrected chi connectivity index (χ4v) is 2.55. The minimum absolute atomic E-state index is 0.500. The summed E-state index contributed by atoms with van der Waals surface area (Å²) < 4.78 is 1.00. The summed E-state index contributed by atoms with van der Waals surface area (Å²) in [6.45, 7) is 1.10. The molecule has 2 aromatic carbocycles. The lowest BCUT2D eigenvalue weighted by Crippen LogP contribution is -2.15. The van der Waals surface area contributed by atoms with Crippen LogP contribution in [0.4, 0.5) is 5.82 Å². The zero-order valence-electron chi connectivity index (χ0n) is 12.7. The van der Waals surface area contributed by atoms with E-state index < -0.39 is 0 Å². The molecule has 0 bridgehead atoms. The summed E-state index contributed by atoms with van der Waals surface area (Å²) in [5.74, 6) is 1.19. The quantitative estimate of drug-likeness (QED) is 0.672. The normalized spacial score (nSPS) is 10.6. The highest BCUT2D eigenvalue weighted by atomic mass is 79.9. The van der Waals surface area contributed by atoms with Crippen molar-refractivity contribution in [2.45, 2.75) is 0 Å². The molecule has 0 amide bonds. The Balaban J connectivity index is 2.02. The maximum absolute atomic E-state index is 5.93. The summed E-state index contributed by atoms with van der Waals surface area (Å²) in [5.41, 5.74) is 8.08. The molecule has 24 heavy (non-hydrogen) atoms. The van der Waals surface area contributed by atoms with E-state index in [-0.39, 0.29) is 0 Å². The topological polar surface area (TPSA) is 76.7 Å². The number of benzene rings is 2. The van der Waals surface area contributed by atoms with E-state index in [4.69, 9.17) is 17.3 Å². The number of aromatic nitrogens is 3. The summed E-state index contributed by atoms with van der Waals surface area (Å²) in [4.78, 5) is 4.61. The average Bonchev–Trinajstić information content (AvgIpc) is 2.61. The first kappa shape index (κ1) is 16.8. The van der Waals surface area contributed by atoms with Gasteiger partial charge in [-0.2, -0.15) is 0 Å². The number of nitrogens with zero attached hydrogens (tertiary/aromatic N) is 3. The molecule has 3 rings (SSSR count). The van der Waals surface area contributed by atoms with Crippen LogP contribution in [0.1, 0.15) is 0 Å². The molecular weight excluding hydrogens is 390 g/mol. The summed E-state index contributed by atoms with van der Waals surface area (Å²) in [6.07, 6.45) is 0. The zero-order valence-corrected chi connectivity index (χ0v) is 15.0. The molecule has 122 valence electrons. The molecule has 0 aliphatic carbocycles. The molecule has 3 N–H and O–H groups in total. The lowest BCUT2D eigenvalue weighted by atomic mass is 10.1. The van der Waals surface area contributed by atoms with Crippen molar-refractivity contribution in [1.82, 2.24) is 15.2 Å². The SMILES string of the molecule is NCCNc1nc(-c2ccc(Cl)cc2)nnc1-c1ccc(Br)cc1. The van der Waals surface area contributed by atoms with Crippen molar-refractivity contribution >= 4 is 33.3 Å². The van der Waals surface area contributed by atoms with Crippen molar-refractivity contribution in [3.63, 3.8) is 0 Å². The van der Waals surface area contributed by atoms with Gasteiger partial charge in [-0.15, -0.1) is 10.2 Å². The monoisotopic (exact) mass is 403 g/mol. The van der Waals surface area contributed by atoms with Gasteiger partial charge in [-0.25, -0.2) is 4.98 Å². The lowest BCUT2D eigenvalue weighted by Gasteiger charge is -2.11. The fourth-order valence-electron chi connectivity index (χ4n) is 2.16. The second-order valence-electron chi connectivity index (χ2n) is 5.06. The third kappa shape index (κ3) is 3.90. The average molecular weight is 405 g/mol. The van der Waals surface area contributed by atoms with E-state index in [9.17, 15) is 0 Å². The number of anilines is 1. The van der Waals surface area contributed by atoms with E-state index in [1.807, 2.05) is 36.4 Å². The molecule has 7 heteroatoms. The van der Waals surface area contributed by atoms with E-state index in [2.05, 4.69) is 36.4 Å². The van der Waals surface area contributed by atoms with Crippen molar-refractivity contribution in [3.05, 3.63) is 58.0 Å². The molecule has 0 saturated carbocycles. The van der Waals surface area contributed by atoms with Gasteiger partial charge in [0.05, 0.1) is 0 Å². The molecule has 0 atom stereocenters. The van der Waals surface area contributed by atoms with Gasteiger partial charge >= 0.3 is 0 Å². The van der Waals surface area contributed by atoms with Gasteiger partial charge in [-0.05, 0) is 36.4 Å². The number of hydrogen-bond donors (Lipinski definition) is 2. The van der Waals surface area contributed by atoms with Crippen LogP contribution in [0.5, 0.6) is 0 Å². The summed E-state index contributed by atoms with van der Waals surface area (Å²) in [5, 5.41) is 12.5. The van der Waals surface area contributed by atoms with Crippen molar-refractivity contribution in [2.75, 3.05) is 18.4 Å². The first-order valence-corrected chi connectivity index (χ1v) is 8.55. The van der Waals surface area contributed by atoms with Crippen LogP contribution in [-0.2, 0) is 0 Å². The standard InChI is InChI=1S/C17H15BrClN5/c18-13-5-1-11(2-6-13)15-17(21-10-9-20)22-16(24-23-15)12-3-7-14(19)8-4-12/h1-8H,9-10,20H2,(H,21,22,24). The van der Waals surface area contributed by atoms with Crippen LogP contribution >= 0.6 is 27.5 Å². The predicted molar refractivity (Wildman–Crippen MR) is 101 cm³/mol. The number of nitrogens with two attached hydrogens (primary N) is 1. The first-order valence-electron chi connectivity index (χ1n) is 7.38. The van der Waals surface area contributed by atoms with Crippen molar-refractivity contribution in [3.8, 4) is 22.6 Å². The van der Waals surface area contributed by atoms with Crippen LogP contribution in [0.2, 0.25) is 5.02 Å². The highest BCUT2D eigenvalue weighted by Crippen LogP contribution is 2.27. The molecule has 1 heterocycles. The Hall–Kier alpha value is -2.02. The van der Waals surface area contributed by atoms with Crippen molar-refractivity contribution < 1.29 is 0 Å². The smallest absolute Gasteiger partial charge is 0.183 e. The van der Waals surface area contributed by atoms with Crippen molar-refractivity contribution in [1.29, 1.82) is 0 Å². The molecule has 0 aliphatic rings. The van der Waals surface area contributed by atoms with E-state index in [1.165, 1.54) is 0 Å². The van der Waals surface area contributed by atoms with E-state index in [0.717, 1.165) is 15.6 Å². The zero-order chi connectivity index (χ0) is 16.9. The van der Waals surface area contributed by atoms with Crippen LogP contribution in [0.15, 0.2) is 53.0 Å². The Morgan fingerprint density at radius 2 is 1.62 bits per heavy atom. The highest BCUT2D eigenvalue weighted by molar-refractivity contribution is 9.10. The molecule has 0 fully saturated rings. The molecule has 0 radical (unpaired) electrons. The molecule has 1 aromatic heterocycles. The third-order valence-corrected chi connectivity index (χ3v) is 4.12. The van der Waals surface area contributed by atoms with Gasteiger partial charge in [0.1, 0.15) is 5.69 Å². The molecule has 0 saturated heterocycles. The minimum Gasteiger partial charge on any atom is -0.367 e. The molecule has 0 aliphatic heterocycles. The third-order valence-electron chi connectivity index (χ3n) is 3.34. The molecular formula is C17H15BrClN5. The Kier molecular flexibility index (Phi) is 5.40. The molecule has 0 unspecified atom stereocenters. The minimum atomic E-state index is 0.500. The van der Waals surface area contributed by atoms with Gasteiger partial charge in [-0.1, -0.05) is 39.7 Å². The lowest BCUT2D eigenvalue weighted by molar-refractivity contribution is 0.959. The second-order valence-corrected chi connectivity index (χ2v) is 6.41. The number of hydrogen-bond acceptors (Lipinski definition) is 5. The van der Waals surface area contributed by atoms with Crippen LogP contribution in [0, 0.1) is 0 Å².